The van der Waals surface area contributed by atoms with Gasteiger partial charge in [-0.1, -0.05) is 17.8 Å². The third kappa shape index (κ3) is 3.35. The third-order valence-corrected chi connectivity index (χ3v) is 3.25. The van der Waals surface area contributed by atoms with Gasteiger partial charge in [-0.15, -0.1) is 0 Å². The zero-order valence-corrected chi connectivity index (χ0v) is 11.0. The number of hydrogen-bond acceptors (Lipinski definition) is 4. The van der Waals surface area contributed by atoms with Gasteiger partial charge in [0, 0.05) is 11.8 Å². The highest BCUT2D eigenvalue weighted by molar-refractivity contribution is 7.99. The molecular formula is C13H12F2N2OS. The van der Waals surface area contributed by atoms with Crippen molar-refractivity contribution in [2.45, 2.75) is 16.8 Å². The summed E-state index contributed by atoms with van der Waals surface area (Å²) in [4.78, 5) is 4.01. The molecule has 0 aliphatic heterocycles. The Hall–Kier alpha value is -1.82. The molecule has 1 heterocycles. The minimum Gasteiger partial charge on any atom is -0.478 e. The van der Waals surface area contributed by atoms with E-state index in [-0.39, 0.29) is 10.6 Å². The molecule has 0 saturated carbocycles. The Kier molecular flexibility index (Phi) is 4.21. The number of nitrogens with zero attached hydrogens (tertiary/aromatic N) is 1. The zero-order chi connectivity index (χ0) is 13.8. The van der Waals surface area contributed by atoms with Crippen molar-refractivity contribution in [3.05, 3.63) is 42.0 Å². The predicted octanol–water partition coefficient (Wildman–Crippen LogP) is 3.49. The van der Waals surface area contributed by atoms with E-state index in [0.29, 0.717) is 17.5 Å². The second-order valence-electron chi connectivity index (χ2n) is 3.66. The van der Waals surface area contributed by atoms with Gasteiger partial charge in [-0.05, 0) is 25.1 Å². The molecule has 1 aromatic carbocycles. The Morgan fingerprint density at radius 1 is 1.26 bits per heavy atom. The number of benzene rings is 1. The van der Waals surface area contributed by atoms with Crippen molar-refractivity contribution >= 4 is 17.4 Å². The van der Waals surface area contributed by atoms with Crippen molar-refractivity contribution in [2.75, 3.05) is 12.3 Å². The van der Waals surface area contributed by atoms with Gasteiger partial charge in [-0.2, -0.15) is 0 Å². The molecule has 0 spiro atoms. The van der Waals surface area contributed by atoms with Crippen LogP contribution in [0.5, 0.6) is 5.88 Å². The van der Waals surface area contributed by atoms with E-state index in [1.165, 1.54) is 0 Å². The van der Waals surface area contributed by atoms with Crippen LogP contribution in [0.2, 0.25) is 0 Å². The molecule has 0 bridgehead atoms. The molecule has 3 nitrogen and oxygen atoms in total. The largest absolute Gasteiger partial charge is 0.478 e. The lowest BCUT2D eigenvalue weighted by atomic mass is 10.3. The third-order valence-electron chi connectivity index (χ3n) is 2.22. The Morgan fingerprint density at radius 2 is 1.95 bits per heavy atom. The number of rotatable bonds is 4. The van der Waals surface area contributed by atoms with Gasteiger partial charge in [0.15, 0.2) is 0 Å². The number of ether oxygens (including phenoxy) is 1. The highest BCUT2D eigenvalue weighted by Gasteiger charge is 2.13. The fourth-order valence-corrected chi connectivity index (χ4v) is 2.27. The second-order valence-corrected chi connectivity index (χ2v) is 4.69. The molecule has 0 aliphatic carbocycles. The summed E-state index contributed by atoms with van der Waals surface area (Å²) < 4.78 is 32.5. The molecule has 0 atom stereocenters. The maximum absolute atomic E-state index is 13.6. The first-order valence-corrected chi connectivity index (χ1v) is 6.44. The quantitative estimate of drug-likeness (QED) is 0.872. The topological polar surface area (TPSA) is 48.1 Å². The molecule has 0 fully saturated rings. The highest BCUT2D eigenvalue weighted by atomic mass is 32.2. The summed E-state index contributed by atoms with van der Waals surface area (Å²) >= 11 is 0.893. The van der Waals surface area contributed by atoms with Crippen LogP contribution >= 0.6 is 11.8 Å². The van der Waals surface area contributed by atoms with Crippen LogP contribution < -0.4 is 10.5 Å². The van der Waals surface area contributed by atoms with Crippen molar-refractivity contribution in [2.24, 2.45) is 0 Å². The Balaban J connectivity index is 2.28. The zero-order valence-electron chi connectivity index (χ0n) is 10.2. The Morgan fingerprint density at radius 3 is 2.58 bits per heavy atom. The summed E-state index contributed by atoms with van der Waals surface area (Å²) in [5, 5.41) is 0.452. The summed E-state index contributed by atoms with van der Waals surface area (Å²) in [5.41, 5.74) is 5.41. The number of nitrogens with two attached hydrogens (primary N) is 1. The number of hydrogen-bond donors (Lipinski definition) is 1. The fraction of sp³-hybridized carbons (Fsp3) is 0.154. The molecule has 100 valence electrons. The Labute approximate surface area is 113 Å². The average Bonchev–Trinajstić information content (AvgIpc) is 2.35. The normalized spacial score (nSPS) is 10.5. The van der Waals surface area contributed by atoms with Crippen LogP contribution in [0.3, 0.4) is 0 Å². The van der Waals surface area contributed by atoms with Crippen LogP contribution in [0.15, 0.2) is 40.3 Å². The van der Waals surface area contributed by atoms with Gasteiger partial charge in [0.25, 0.3) is 0 Å². The van der Waals surface area contributed by atoms with E-state index in [0.717, 1.165) is 23.9 Å². The van der Waals surface area contributed by atoms with Gasteiger partial charge in [-0.25, -0.2) is 13.8 Å². The summed E-state index contributed by atoms with van der Waals surface area (Å²) in [6.07, 6.45) is 0. The molecule has 2 N–H and O–H groups in total. The maximum atomic E-state index is 13.6. The summed E-state index contributed by atoms with van der Waals surface area (Å²) in [5.74, 6) is -0.985. The number of halogens is 2. The van der Waals surface area contributed by atoms with E-state index in [2.05, 4.69) is 4.98 Å². The lowest BCUT2D eigenvalue weighted by Gasteiger charge is -2.07. The van der Waals surface area contributed by atoms with Crippen LogP contribution in [-0.4, -0.2) is 11.6 Å². The second kappa shape index (κ2) is 5.88. The fourth-order valence-electron chi connectivity index (χ4n) is 1.46. The molecule has 2 rings (SSSR count). The van der Waals surface area contributed by atoms with Gasteiger partial charge in [0.05, 0.1) is 11.5 Å². The molecule has 0 amide bonds. The van der Waals surface area contributed by atoms with Crippen molar-refractivity contribution in [3.8, 4) is 5.88 Å². The molecule has 0 saturated heterocycles. The van der Waals surface area contributed by atoms with Crippen molar-refractivity contribution in [3.63, 3.8) is 0 Å². The van der Waals surface area contributed by atoms with E-state index in [9.17, 15) is 8.78 Å². The van der Waals surface area contributed by atoms with Gasteiger partial charge >= 0.3 is 0 Å². The summed E-state index contributed by atoms with van der Waals surface area (Å²) in [6, 6.07) is 7.22. The number of anilines is 1. The van der Waals surface area contributed by atoms with Crippen molar-refractivity contribution in [1.82, 2.24) is 4.98 Å². The molecule has 0 aliphatic rings. The van der Waals surface area contributed by atoms with Crippen molar-refractivity contribution < 1.29 is 13.5 Å². The number of aromatic nitrogens is 1. The molecule has 1 aromatic heterocycles. The summed E-state index contributed by atoms with van der Waals surface area (Å²) in [6.45, 7) is 2.31. The van der Waals surface area contributed by atoms with Crippen LogP contribution in [0, 0.1) is 11.6 Å². The highest BCUT2D eigenvalue weighted by Crippen LogP contribution is 2.32. The van der Waals surface area contributed by atoms with E-state index >= 15 is 0 Å². The van der Waals surface area contributed by atoms with Gasteiger partial charge in [0.2, 0.25) is 5.88 Å². The minimum atomic E-state index is -0.703. The predicted molar refractivity (Wildman–Crippen MR) is 70.3 cm³/mol. The van der Waals surface area contributed by atoms with Crippen LogP contribution in [0.25, 0.3) is 0 Å². The summed E-state index contributed by atoms with van der Waals surface area (Å²) in [7, 11) is 0. The van der Waals surface area contributed by atoms with Gasteiger partial charge < -0.3 is 10.5 Å². The first-order chi connectivity index (χ1) is 9.10. The lowest BCUT2D eigenvalue weighted by Crippen LogP contribution is -1.96. The Bertz CT molecular complexity index is 570. The van der Waals surface area contributed by atoms with Crippen LogP contribution in [-0.2, 0) is 0 Å². The van der Waals surface area contributed by atoms with Gasteiger partial charge in [0.1, 0.15) is 16.7 Å². The maximum Gasteiger partial charge on any atom is 0.214 e. The van der Waals surface area contributed by atoms with Crippen LogP contribution in [0.1, 0.15) is 6.92 Å². The molecule has 0 radical (unpaired) electrons. The van der Waals surface area contributed by atoms with Gasteiger partial charge in [-0.3, -0.25) is 0 Å². The molecule has 19 heavy (non-hydrogen) atoms. The number of pyridine rings is 1. The van der Waals surface area contributed by atoms with E-state index < -0.39 is 11.6 Å². The molecular weight excluding hydrogens is 270 g/mol. The average molecular weight is 282 g/mol. The molecule has 2 aromatic rings. The smallest absolute Gasteiger partial charge is 0.214 e. The van der Waals surface area contributed by atoms with Crippen molar-refractivity contribution in [1.29, 1.82) is 0 Å². The van der Waals surface area contributed by atoms with E-state index in [1.807, 2.05) is 6.92 Å². The van der Waals surface area contributed by atoms with Crippen LogP contribution in [0.4, 0.5) is 14.5 Å². The number of nitrogen functional groups attached to an aromatic ring is 1. The SMILES string of the molecule is CCOc1cccc(Sc2c(F)cc(N)cc2F)n1. The van der Waals surface area contributed by atoms with E-state index in [4.69, 9.17) is 10.5 Å². The first kappa shape index (κ1) is 13.6. The monoisotopic (exact) mass is 282 g/mol. The molecule has 6 heteroatoms. The standard InChI is InChI=1S/C13H12F2N2OS/c1-2-18-11-4-3-5-12(17-11)19-13-9(14)6-8(16)7-10(13)15/h3-7H,2,16H2,1H3. The molecule has 0 unspecified atom stereocenters. The minimum absolute atomic E-state index is 0.0513. The first-order valence-electron chi connectivity index (χ1n) is 5.62. The van der Waals surface area contributed by atoms with E-state index in [1.54, 1.807) is 18.2 Å². The lowest BCUT2D eigenvalue weighted by molar-refractivity contribution is 0.324.